The molecule has 7 nitrogen and oxygen atoms in total. The van der Waals surface area contributed by atoms with Gasteiger partial charge < -0.3 is 0 Å². The van der Waals surface area contributed by atoms with E-state index in [-0.39, 0.29) is 0 Å². The van der Waals surface area contributed by atoms with Gasteiger partial charge in [0.1, 0.15) is 0 Å². The second kappa shape index (κ2) is 10.2. The first kappa shape index (κ1) is 19.6. The van der Waals surface area contributed by atoms with Crippen molar-refractivity contribution in [1.29, 1.82) is 0 Å². The van der Waals surface area contributed by atoms with Crippen LogP contribution in [0.15, 0.2) is 55.0 Å². The van der Waals surface area contributed by atoms with Crippen molar-refractivity contribution < 1.29 is 0 Å². The molecule has 0 amide bonds. The minimum Gasteiger partial charge on any atom is -0.290 e. The summed E-state index contributed by atoms with van der Waals surface area (Å²) >= 11 is 4.45. The maximum atomic E-state index is 4.46. The maximum Gasteiger partial charge on any atom is 0.0984 e. The van der Waals surface area contributed by atoms with Gasteiger partial charge in [0.2, 0.25) is 0 Å². The number of pyridine rings is 2. The third-order valence-electron chi connectivity index (χ3n) is 3.73. The molecule has 3 aromatic rings. The highest BCUT2D eigenvalue weighted by atomic mass is 127. The zero-order valence-corrected chi connectivity index (χ0v) is 18.4. The predicted octanol–water partition coefficient (Wildman–Crippen LogP) is 3.12. The van der Waals surface area contributed by atoms with E-state index in [1.165, 1.54) is 0 Å². The third kappa shape index (κ3) is 6.52. The molecule has 0 unspecified atom stereocenters. The fraction of sp³-hybridized carbons (Fsp3) is 0.294. The number of rotatable bonds is 9. The average Bonchev–Trinajstić information content (AvgIpc) is 3.06. The van der Waals surface area contributed by atoms with Crippen LogP contribution >= 0.6 is 45.7 Å². The van der Waals surface area contributed by atoms with E-state index in [0.717, 1.165) is 49.8 Å². The van der Waals surface area contributed by atoms with Crippen molar-refractivity contribution in [2.45, 2.75) is 19.6 Å². The van der Waals surface area contributed by atoms with Gasteiger partial charge in [-0.3, -0.25) is 14.9 Å². The van der Waals surface area contributed by atoms with Gasteiger partial charge in [0, 0.05) is 61.4 Å². The average molecular weight is 575 g/mol. The Labute approximate surface area is 180 Å². The zero-order chi connectivity index (χ0) is 18.2. The van der Waals surface area contributed by atoms with Crippen LogP contribution in [-0.4, -0.2) is 44.3 Å². The molecule has 0 N–H and O–H groups in total. The lowest BCUT2D eigenvalue weighted by Gasteiger charge is -2.24. The van der Waals surface area contributed by atoms with Crippen molar-refractivity contribution in [3.05, 3.63) is 72.1 Å². The second-order valence-corrected chi connectivity index (χ2v) is 8.15. The van der Waals surface area contributed by atoms with E-state index in [4.69, 9.17) is 0 Å². The molecule has 0 saturated heterocycles. The molecule has 0 bridgehead atoms. The van der Waals surface area contributed by atoms with Gasteiger partial charge in [-0.25, -0.2) is 3.11 Å². The number of nitrogens with zero attached hydrogens (tertiary/aromatic N) is 7. The first-order valence-corrected chi connectivity index (χ1v) is 10.1. The first-order chi connectivity index (χ1) is 12.7. The van der Waals surface area contributed by atoms with Gasteiger partial charge in [-0.15, -0.1) is 5.10 Å². The maximum absolute atomic E-state index is 4.46. The van der Waals surface area contributed by atoms with E-state index < -0.39 is 0 Å². The van der Waals surface area contributed by atoms with E-state index in [2.05, 4.69) is 86.2 Å². The molecule has 0 aromatic carbocycles. The monoisotopic (exact) mass is 575 g/mol. The molecule has 0 aliphatic rings. The number of hydrogen-bond acceptors (Lipinski definition) is 6. The van der Waals surface area contributed by atoms with Gasteiger partial charge >= 0.3 is 0 Å². The first-order valence-electron chi connectivity index (χ1n) is 8.19. The van der Waals surface area contributed by atoms with Crippen LogP contribution in [-0.2, 0) is 19.6 Å². The van der Waals surface area contributed by atoms with Crippen molar-refractivity contribution in [2.24, 2.45) is 0 Å². The molecule has 136 valence electrons. The van der Waals surface area contributed by atoms with Crippen molar-refractivity contribution >= 4 is 45.7 Å². The lowest BCUT2D eigenvalue weighted by atomic mass is 10.3. The summed E-state index contributed by atoms with van der Waals surface area (Å²) in [5.41, 5.74) is 3.10. The molecule has 0 fully saturated rings. The Hall–Kier alpha value is -1.18. The van der Waals surface area contributed by atoms with E-state index >= 15 is 0 Å². The van der Waals surface area contributed by atoms with Crippen LogP contribution in [0, 0.1) is 0 Å². The largest absolute Gasteiger partial charge is 0.290 e. The summed E-state index contributed by atoms with van der Waals surface area (Å²) in [6.45, 7) is 4.19. The molecule has 0 spiro atoms. The summed E-state index contributed by atoms with van der Waals surface area (Å²) in [6.07, 6.45) is 5.62. The molecule has 0 radical (unpaired) electrons. The van der Waals surface area contributed by atoms with Gasteiger partial charge in [-0.2, -0.15) is 2.90 Å². The van der Waals surface area contributed by atoms with Crippen LogP contribution < -0.4 is 0 Å². The Morgan fingerprint density at radius 3 is 2.00 bits per heavy atom. The highest BCUT2D eigenvalue weighted by Gasteiger charge is 2.12. The highest BCUT2D eigenvalue weighted by molar-refractivity contribution is 14.1. The van der Waals surface area contributed by atoms with Crippen LogP contribution in [0.2, 0.25) is 0 Å². The van der Waals surface area contributed by atoms with Crippen LogP contribution in [0.4, 0.5) is 0 Å². The molecule has 3 aromatic heterocycles. The van der Waals surface area contributed by atoms with Gasteiger partial charge in [-0.05, 0) is 24.3 Å². The second-order valence-electron chi connectivity index (χ2n) is 5.80. The molecule has 0 aliphatic carbocycles. The lowest BCUT2D eigenvalue weighted by Crippen LogP contribution is -2.31. The van der Waals surface area contributed by atoms with Crippen molar-refractivity contribution in [3.63, 3.8) is 0 Å². The Balaban J connectivity index is 1.59. The molecule has 0 atom stereocenters. The number of halogens is 2. The SMILES string of the molecule is IN(CCN(Cc1ccccn1)Cc1ccccn1)Cc1cn(I)nn1. The smallest absolute Gasteiger partial charge is 0.0984 e. The lowest BCUT2D eigenvalue weighted by molar-refractivity contribution is 0.236. The Morgan fingerprint density at radius 2 is 1.50 bits per heavy atom. The summed E-state index contributed by atoms with van der Waals surface area (Å²) in [5, 5.41) is 8.12. The summed E-state index contributed by atoms with van der Waals surface area (Å²) in [4.78, 5) is 11.3. The Bertz CT molecular complexity index is 741. The molecule has 0 aliphatic heterocycles. The Kier molecular flexibility index (Phi) is 7.70. The van der Waals surface area contributed by atoms with Gasteiger partial charge in [0.25, 0.3) is 0 Å². The summed E-state index contributed by atoms with van der Waals surface area (Å²) in [6, 6.07) is 12.1. The third-order valence-corrected chi connectivity index (χ3v) is 5.03. The van der Waals surface area contributed by atoms with Gasteiger partial charge in [-0.1, -0.05) is 17.3 Å². The molecule has 9 heteroatoms. The van der Waals surface area contributed by atoms with Gasteiger partial charge in [0.15, 0.2) is 0 Å². The number of hydrogen-bond donors (Lipinski definition) is 0. The van der Waals surface area contributed by atoms with E-state index in [1.54, 1.807) is 2.90 Å². The number of aromatic nitrogens is 5. The van der Waals surface area contributed by atoms with Crippen LogP contribution in [0.1, 0.15) is 17.1 Å². The minimum atomic E-state index is 0.768. The van der Waals surface area contributed by atoms with E-state index in [9.17, 15) is 0 Å². The van der Waals surface area contributed by atoms with Crippen molar-refractivity contribution in [1.82, 2.24) is 31.2 Å². The van der Waals surface area contributed by atoms with Crippen LogP contribution in [0.3, 0.4) is 0 Å². The summed E-state index contributed by atoms with van der Waals surface area (Å²) < 4.78 is 3.92. The van der Waals surface area contributed by atoms with E-state index in [0.29, 0.717) is 0 Å². The summed E-state index contributed by atoms with van der Waals surface area (Å²) in [7, 11) is 0. The normalized spacial score (nSPS) is 11.4. The quantitative estimate of drug-likeness (QED) is 0.289. The molecule has 3 heterocycles. The molecule has 3 rings (SSSR count). The van der Waals surface area contributed by atoms with Crippen LogP contribution in [0.25, 0.3) is 0 Å². The topological polar surface area (TPSA) is 63.0 Å². The van der Waals surface area contributed by atoms with Crippen molar-refractivity contribution in [3.8, 4) is 0 Å². The highest BCUT2D eigenvalue weighted by Crippen LogP contribution is 2.11. The minimum absolute atomic E-state index is 0.768. The molecular weight excluding hydrogens is 556 g/mol. The van der Waals surface area contributed by atoms with Crippen molar-refractivity contribution in [2.75, 3.05) is 13.1 Å². The van der Waals surface area contributed by atoms with Gasteiger partial charge in [0.05, 0.1) is 52.7 Å². The Morgan fingerprint density at radius 1 is 0.846 bits per heavy atom. The molecule has 26 heavy (non-hydrogen) atoms. The standard InChI is InChI=1S/C17H19I2N7/c18-25(13-17-14-26(19)23-22-17)10-9-24(11-15-5-1-3-7-20-15)12-16-6-2-4-8-21-16/h1-8,14H,9-13H2. The molecule has 0 saturated carbocycles. The summed E-state index contributed by atoms with van der Waals surface area (Å²) in [5.74, 6) is 0. The molecular formula is C17H19I2N7. The van der Waals surface area contributed by atoms with E-state index in [1.807, 2.05) is 42.9 Å². The fourth-order valence-electron chi connectivity index (χ4n) is 2.51. The van der Waals surface area contributed by atoms with Crippen LogP contribution in [0.5, 0.6) is 0 Å². The fourth-order valence-corrected chi connectivity index (χ4v) is 3.49. The predicted molar refractivity (Wildman–Crippen MR) is 116 cm³/mol. The zero-order valence-electron chi connectivity index (χ0n) is 14.1.